The molecule has 0 radical (unpaired) electrons. The fourth-order valence-corrected chi connectivity index (χ4v) is 3.55. The first-order valence-corrected chi connectivity index (χ1v) is 9.23. The normalized spacial score (nSPS) is 13.9. The van der Waals surface area contributed by atoms with Gasteiger partial charge in [0.05, 0.1) is 4.90 Å². The van der Waals surface area contributed by atoms with Crippen molar-refractivity contribution in [3.8, 4) is 5.75 Å². The SMILES string of the molecule is O=C1CCc2cc(S(=O)(=O)NCCOc3ccc(F)cc3)ccc2N1. The molecule has 1 aliphatic rings. The van der Waals surface area contributed by atoms with Gasteiger partial charge in [-0.15, -0.1) is 0 Å². The number of hydrogen-bond donors (Lipinski definition) is 2. The van der Waals surface area contributed by atoms with E-state index in [2.05, 4.69) is 10.0 Å². The highest BCUT2D eigenvalue weighted by molar-refractivity contribution is 7.89. The lowest BCUT2D eigenvalue weighted by Gasteiger charge is -2.17. The molecule has 1 heterocycles. The van der Waals surface area contributed by atoms with Gasteiger partial charge in [0.1, 0.15) is 18.2 Å². The summed E-state index contributed by atoms with van der Waals surface area (Å²) in [6.07, 6.45) is 0.855. The summed E-state index contributed by atoms with van der Waals surface area (Å²) in [5, 5.41) is 2.71. The number of nitrogens with one attached hydrogen (secondary N) is 2. The van der Waals surface area contributed by atoms with E-state index in [1.807, 2.05) is 0 Å². The zero-order valence-corrected chi connectivity index (χ0v) is 14.1. The number of sulfonamides is 1. The van der Waals surface area contributed by atoms with Crippen molar-refractivity contribution in [3.05, 3.63) is 53.8 Å². The van der Waals surface area contributed by atoms with Gasteiger partial charge in [-0.2, -0.15) is 0 Å². The van der Waals surface area contributed by atoms with Crippen molar-refractivity contribution in [2.45, 2.75) is 17.7 Å². The molecule has 0 aromatic heterocycles. The van der Waals surface area contributed by atoms with Gasteiger partial charge in [-0.05, 0) is 54.4 Å². The number of rotatable bonds is 6. The lowest BCUT2D eigenvalue weighted by Crippen LogP contribution is -2.28. The maximum atomic E-state index is 12.8. The predicted octanol–water partition coefficient (Wildman–Crippen LogP) is 2.07. The van der Waals surface area contributed by atoms with Crippen LogP contribution in [0.25, 0.3) is 0 Å². The lowest BCUT2D eigenvalue weighted by atomic mass is 10.0. The molecule has 25 heavy (non-hydrogen) atoms. The van der Waals surface area contributed by atoms with E-state index in [9.17, 15) is 17.6 Å². The number of carbonyl (C=O) groups excluding carboxylic acids is 1. The van der Waals surface area contributed by atoms with E-state index in [0.717, 1.165) is 5.56 Å². The molecule has 2 N–H and O–H groups in total. The first-order chi connectivity index (χ1) is 11.9. The molecular formula is C17H17FN2O4S. The number of anilines is 1. The van der Waals surface area contributed by atoms with E-state index in [1.54, 1.807) is 12.1 Å². The molecule has 0 saturated carbocycles. The Morgan fingerprint density at radius 2 is 1.88 bits per heavy atom. The van der Waals surface area contributed by atoms with Gasteiger partial charge in [0.25, 0.3) is 0 Å². The fraction of sp³-hybridized carbons (Fsp3) is 0.235. The summed E-state index contributed by atoms with van der Waals surface area (Å²) in [6, 6.07) is 10.1. The minimum absolute atomic E-state index is 0.0702. The Balaban J connectivity index is 1.58. The second-order valence-corrected chi connectivity index (χ2v) is 7.33. The number of benzene rings is 2. The molecular weight excluding hydrogens is 347 g/mol. The summed E-state index contributed by atoms with van der Waals surface area (Å²) in [7, 11) is -3.67. The van der Waals surface area contributed by atoms with Gasteiger partial charge >= 0.3 is 0 Å². The molecule has 0 aliphatic carbocycles. The summed E-state index contributed by atoms with van der Waals surface area (Å²) in [6.45, 7) is 0.194. The number of aryl methyl sites for hydroxylation is 1. The highest BCUT2D eigenvalue weighted by Gasteiger charge is 2.19. The van der Waals surface area contributed by atoms with Crippen molar-refractivity contribution >= 4 is 21.6 Å². The number of amides is 1. The first kappa shape index (κ1) is 17.4. The van der Waals surface area contributed by atoms with E-state index in [1.165, 1.54) is 30.3 Å². The van der Waals surface area contributed by atoms with E-state index in [-0.39, 0.29) is 29.8 Å². The van der Waals surface area contributed by atoms with Crippen LogP contribution in [0.4, 0.5) is 10.1 Å². The van der Waals surface area contributed by atoms with Crippen LogP contribution in [0.3, 0.4) is 0 Å². The monoisotopic (exact) mass is 364 g/mol. The molecule has 2 aromatic carbocycles. The third-order valence-corrected chi connectivity index (χ3v) is 5.22. The lowest BCUT2D eigenvalue weighted by molar-refractivity contribution is -0.116. The number of carbonyl (C=O) groups is 1. The first-order valence-electron chi connectivity index (χ1n) is 7.75. The third kappa shape index (κ3) is 4.34. The fourth-order valence-electron chi connectivity index (χ4n) is 2.49. The number of ether oxygens (including phenoxy) is 1. The Morgan fingerprint density at radius 1 is 1.12 bits per heavy atom. The predicted molar refractivity (Wildman–Crippen MR) is 90.5 cm³/mol. The van der Waals surface area contributed by atoms with Gasteiger partial charge in [0, 0.05) is 18.7 Å². The van der Waals surface area contributed by atoms with Gasteiger partial charge in [-0.3, -0.25) is 4.79 Å². The van der Waals surface area contributed by atoms with Crippen molar-refractivity contribution in [1.82, 2.24) is 4.72 Å². The van der Waals surface area contributed by atoms with Gasteiger partial charge in [-0.1, -0.05) is 0 Å². The average Bonchev–Trinajstić information content (AvgIpc) is 2.59. The highest BCUT2D eigenvalue weighted by Crippen LogP contribution is 2.25. The van der Waals surface area contributed by atoms with Crippen LogP contribution >= 0.6 is 0 Å². The summed E-state index contributed by atoms with van der Waals surface area (Å²) in [5.41, 5.74) is 1.44. The summed E-state index contributed by atoms with van der Waals surface area (Å²) >= 11 is 0. The largest absolute Gasteiger partial charge is 0.492 e. The summed E-state index contributed by atoms with van der Waals surface area (Å²) in [4.78, 5) is 11.5. The molecule has 1 amide bonds. The van der Waals surface area contributed by atoms with Crippen LogP contribution in [0, 0.1) is 5.82 Å². The molecule has 1 aliphatic heterocycles. The van der Waals surface area contributed by atoms with Crippen LogP contribution in [-0.2, 0) is 21.2 Å². The Morgan fingerprint density at radius 3 is 2.64 bits per heavy atom. The summed E-state index contributed by atoms with van der Waals surface area (Å²) < 4.78 is 45.3. The van der Waals surface area contributed by atoms with Crippen LogP contribution in [0.1, 0.15) is 12.0 Å². The molecule has 3 rings (SSSR count). The molecule has 0 unspecified atom stereocenters. The summed E-state index contributed by atoms with van der Waals surface area (Å²) in [5.74, 6) is 0.0287. The quantitative estimate of drug-likeness (QED) is 0.769. The Kier molecular flexibility index (Phi) is 5.00. The van der Waals surface area contributed by atoms with Gasteiger partial charge in [0.15, 0.2) is 0 Å². The van der Waals surface area contributed by atoms with Crippen molar-refractivity contribution < 1.29 is 22.3 Å². The number of halogens is 1. The van der Waals surface area contributed by atoms with Crippen molar-refractivity contribution in [3.63, 3.8) is 0 Å². The molecule has 8 heteroatoms. The number of hydrogen-bond acceptors (Lipinski definition) is 4. The van der Waals surface area contributed by atoms with Gasteiger partial charge in [-0.25, -0.2) is 17.5 Å². The van der Waals surface area contributed by atoms with Crippen molar-refractivity contribution in [1.29, 1.82) is 0 Å². The molecule has 6 nitrogen and oxygen atoms in total. The Bertz CT molecular complexity index is 882. The molecule has 132 valence electrons. The van der Waals surface area contributed by atoms with Crippen molar-refractivity contribution in [2.24, 2.45) is 0 Å². The van der Waals surface area contributed by atoms with Crippen LogP contribution in [0.2, 0.25) is 0 Å². The smallest absolute Gasteiger partial charge is 0.240 e. The van der Waals surface area contributed by atoms with Gasteiger partial charge < -0.3 is 10.1 Å². The number of fused-ring (bicyclic) bond motifs is 1. The van der Waals surface area contributed by atoms with E-state index in [0.29, 0.717) is 24.3 Å². The molecule has 0 fully saturated rings. The van der Waals surface area contributed by atoms with E-state index < -0.39 is 10.0 Å². The van der Waals surface area contributed by atoms with Crippen LogP contribution in [0.5, 0.6) is 5.75 Å². The Hall–Kier alpha value is -2.45. The van der Waals surface area contributed by atoms with Gasteiger partial charge in [0.2, 0.25) is 15.9 Å². The Labute approximate surface area is 145 Å². The average molecular weight is 364 g/mol. The van der Waals surface area contributed by atoms with Crippen LogP contribution in [-0.4, -0.2) is 27.5 Å². The second kappa shape index (κ2) is 7.20. The topological polar surface area (TPSA) is 84.5 Å². The molecule has 0 bridgehead atoms. The van der Waals surface area contributed by atoms with Crippen LogP contribution < -0.4 is 14.8 Å². The minimum atomic E-state index is -3.67. The molecule has 0 spiro atoms. The third-order valence-electron chi connectivity index (χ3n) is 3.76. The standard InChI is InChI=1S/C17H17FN2O4S/c18-13-2-4-14(5-3-13)24-10-9-19-25(22,23)15-6-7-16-12(11-15)1-8-17(21)20-16/h2-7,11,19H,1,8-10H2,(H,20,21). The minimum Gasteiger partial charge on any atom is -0.492 e. The highest BCUT2D eigenvalue weighted by atomic mass is 32.2. The molecule has 0 saturated heterocycles. The maximum absolute atomic E-state index is 12.8. The zero-order valence-electron chi connectivity index (χ0n) is 13.3. The second-order valence-electron chi connectivity index (χ2n) is 5.57. The van der Waals surface area contributed by atoms with E-state index in [4.69, 9.17) is 4.74 Å². The van der Waals surface area contributed by atoms with Crippen molar-refractivity contribution in [2.75, 3.05) is 18.5 Å². The molecule has 0 atom stereocenters. The molecule has 2 aromatic rings. The zero-order chi connectivity index (χ0) is 17.9. The maximum Gasteiger partial charge on any atom is 0.240 e. The van der Waals surface area contributed by atoms with E-state index >= 15 is 0 Å². The van der Waals surface area contributed by atoms with Crippen LogP contribution in [0.15, 0.2) is 47.4 Å².